The summed E-state index contributed by atoms with van der Waals surface area (Å²) < 4.78 is 37.8. The highest BCUT2D eigenvalue weighted by Gasteiger charge is 2.31. The fourth-order valence-electron chi connectivity index (χ4n) is 3.03. The van der Waals surface area contributed by atoms with Gasteiger partial charge in [0.05, 0.1) is 18.6 Å². The second-order valence-electron chi connectivity index (χ2n) is 7.01. The minimum absolute atomic E-state index is 0.147. The van der Waals surface area contributed by atoms with Crippen LogP contribution in [0, 0.1) is 0 Å². The Morgan fingerprint density at radius 1 is 1.17 bits per heavy atom. The van der Waals surface area contributed by atoms with Crippen molar-refractivity contribution in [3.63, 3.8) is 0 Å². The summed E-state index contributed by atoms with van der Waals surface area (Å²) in [4.78, 5) is 13.2. The number of sulfonamides is 1. The van der Waals surface area contributed by atoms with Gasteiger partial charge in [0, 0.05) is 32.4 Å². The zero-order valence-corrected chi connectivity index (χ0v) is 17.9. The highest BCUT2D eigenvalue weighted by atomic mass is 32.2. The van der Waals surface area contributed by atoms with E-state index in [4.69, 9.17) is 4.74 Å². The zero-order valence-electron chi connectivity index (χ0n) is 17.1. The monoisotopic (exact) mass is 435 g/mol. The predicted molar refractivity (Wildman–Crippen MR) is 111 cm³/mol. The molecule has 1 aliphatic heterocycles. The van der Waals surface area contributed by atoms with E-state index in [-0.39, 0.29) is 17.5 Å². The molecule has 3 rings (SSSR count). The average Bonchev–Trinajstić information content (AvgIpc) is 2.74. The highest BCUT2D eigenvalue weighted by molar-refractivity contribution is 7.89. The molecular formula is C19H25N5O5S. The molecule has 1 unspecified atom stereocenters. The lowest BCUT2D eigenvalue weighted by atomic mass is 10.1. The van der Waals surface area contributed by atoms with Crippen LogP contribution in [-0.2, 0) is 14.8 Å². The van der Waals surface area contributed by atoms with Crippen molar-refractivity contribution in [3.05, 3.63) is 36.4 Å². The topological polar surface area (TPSA) is 114 Å². The third-order valence-corrected chi connectivity index (χ3v) is 6.52. The summed E-state index contributed by atoms with van der Waals surface area (Å²) in [6.07, 6.45) is 0.469. The summed E-state index contributed by atoms with van der Waals surface area (Å²) in [6, 6.07) is 9.46. The molecule has 1 fully saturated rings. The normalized spacial score (nSPS) is 17.2. The lowest BCUT2D eigenvalue weighted by Gasteiger charge is -2.31. The van der Waals surface area contributed by atoms with Gasteiger partial charge in [0.25, 0.3) is 0 Å². The second-order valence-corrected chi connectivity index (χ2v) is 8.95. The molecule has 0 radical (unpaired) electrons. The van der Waals surface area contributed by atoms with Gasteiger partial charge in [0.1, 0.15) is 6.10 Å². The summed E-state index contributed by atoms with van der Waals surface area (Å²) in [5, 5.41) is 10.6. The van der Waals surface area contributed by atoms with Gasteiger partial charge in [-0.05, 0) is 43.2 Å². The Balaban J connectivity index is 1.66. The smallest absolute Gasteiger partial charge is 0.411 e. The quantitative estimate of drug-likeness (QED) is 0.732. The molecular weight excluding hydrogens is 410 g/mol. The van der Waals surface area contributed by atoms with Crippen LogP contribution >= 0.6 is 0 Å². The largest absolute Gasteiger partial charge is 0.472 e. The Morgan fingerprint density at radius 2 is 1.90 bits per heavy atom. The van der Waals surface area contributed by atoms with Crippen molar-refractivity contribution in [1.29, 1.82) is 0 Å². The fraction of sp³-hybridized carbons (Fsp3) is 0.421. The molecule has 0 saturated carbocycles. The number of amides is 1. The number of anilines is 2. The summed E-state index contributed by atoms with van der Waals surface area (Å²) in [5.41, 5.74) is 0.445. The summed E-state index contributed by atoms with van der Waals surface area (Å²) in [6.45, 7) is 0.636. The van der Waals surface area contributed by atoms with E-state index in [2.05, 4.69) is 20.3 Å². The molecule has 30 heavy (non-hydrogen) atoms. The molecule has 10 nitrogen and oxygen atoms in total. The van der Waals surface area contributed by atoms with Gasteiger partial charge < -0.3 is 14.4 Å². The molecule has 1 atom stereocenters. The van der Waals surface area contributed by atoms with Gasteiger partial charge in [-0.15, -0.1) is 10.2 Å². The summed E-state index contributed by atoms with van der Waals surface area (Å²) >= 11 is 0. The van der Waals surface area contributed by atoms with Gasteiger partial charge in [0.15, 0.2) is 5.82 Å². The maximum absolute atomic E-state index is 13.0. The molecule has 1 amide bonds. The number of ether oxygens (including phenoxy) is 2. The second kappa shape index (κ2) is 9.26. The number of rotatable bonds is 6. The number of benzene rings is 1. The molecule has 1 aliphatic rings. The molecule has 2 heterocycles. The van der Waals surface area contributed by atoms with Crippen molar-refractivity contribution in [2.45, 2.75) is 23.8 Å². The minimum Gasteiger partial charge on any atom is -0.472 e. The van der Waals surface area contributed by atoms with Crippen molar-refractivity contribution >= 4 is 27.6 Å². The van der Waals surface area contributed by atoms with Crippen molar-refractivity contribution in [1.82, 2.24) is 14.5 Å². The van der Waals surface area contributed by atoms with E-state index in [0.29, 0.717) is 30.4 Å². The lowest BCUT2D eigenvalue weighted by molar-refractivity contribution is 0.123. The van der Waals surface area contributed by atoms with Crippen molar-refractivity contribution in [3.8, 4) is 5.88 Å². The van der Waals surface area contributed by atoms with Gasteiger partial charge in [-0.3, -0.25) is 5.32 Å². The fourth-order valence-corrected chi connectivity index (χ4v) is 4.54. The van der Waals surface area contributed by atoms with E-state index in [1.165, 1.54) is 35.7 Å². The molecule has 11 heteroatoms. The van der Waals surface area contributed by atoms with Crippen molar-refractivity contribution in [2.24, 2.45) is 0 Å². The van der Waals surface area contributed by atoms with Gasteiger partial charge in [-0.1, -0.05) is 0 Å². The van der Waals surface area contributed by atoms with Crippen molar-refractivity contribution < 1.29 is 22.7 Å². The molecule has 1 aromatic carbocycles. The lowest BCUT2D eigenvalue weighted by Crippen LogP contribution is -2.44. The number of carbonyl (C=O) groups excluding carboxylic acids is 1. The Hall–Kier alpha value is -2.92. The van der Waals surface area contributed by atoms with Crippen LogP contribution in [0.1, 0.15) is 12.8 Å². The molecule has 0 aliphatic carbocycles. The molecule has 0 spiro atoms. The number of aromatic nitrogens is 2. The van der Waals surface area contributed by atoms with Crippen LogP contribution in [0.15, 0.2) is 41.3 Å². The molecule has 1 saturated heterocycles. The van der Waals surface area contributed by atoms with Crippen LogP contribution in [0.3, 0.4) is 0 Å². The van der Waals surface area contributed by atoms with Crippen molar-refractivity contribution in [2.75, 3.05) is 44.5 Å². The minimum atomic E-state index is -3.69. The highest BCUT2D eigenvalue weighted by Crippen LogP contribution is 2.24. The maximum Gasteiger partial charge on any atom is 0.411 e. The Morgan fingerprint density at radius 3 is 2.50 bits per heavy atom. The zero-order chi connectivity index (χ0) is 21.7. The number of hydrogen-bond donors (Lipinski definition) is 1. The maximum atomic E-state index is 13.0. The number of piperidine rings is 1. The Labute approximate surface area is 175 Å². The first-order valence-corrected chi connectivity index (χ1v) is 10.9. The number of nitrogens with one attached hydrogen (secondary N) is 1. The van der Waals surface area contributed by atoms with Crippen LogP contribution in [0.4, 0.5) is 16.3 Å². The first kappa shape index (κ1) is 21.8. The standard InChI is InChI=1S/C19H25N5O5S/c1-23(2)17-10-11-18(22-21-17)29-15-5-4-12-24(13-15)30(26,27)16-8-6-14(7-9-16)20-19(25)28-3/h6-11,15H,4-5,12-13H2,1-3H3,(H,20,25). The van der Waals surface area contributed by atoms with Crippen LogP contribution in [0.2, 0.25) is 0 Å². The third-order valence-electron chi connectivity index (χ3n) is 4.64. The molecule has 1 N–H and O–H groups in total. The van der Waals surface area contributed by atoms with Gasteiger partial charge in [0.2, 0.25) is 15.9 Å². The van der Waals surface area contributed by atoms with E-state index in [1.807, 2.05) is 19.0 Å². The van der Waals surface area contributed by atoms with E-state index in [1.54, 1.807) is 12.1 Å². The first-order chi connectivity index (χ1) is 14.3. The SMILES string of the molecule is COC(=O)Nc1ccc(S(=O)(=O)N2CCCC(Oc3ccc(N(C)C)nn3)C2)cc1. The van der Waals surface area contributed by atoms with E-state index >= 15 is 0 Å². The third kappa shape index (κ3) is 5.16. The van der Waals surface area contributed by atoms with E-state index in [0.717, 1.165) is 6.42 Å². The summed E-state index contributed by atoms with van der Waals surface area (Å²) in [7, 11) is 1.30. The number of hydrogen-bond acceptors (Lipinski definition) is 8. The van der Waals surface area contributed by atoms with Gasteiger partial charge in [-0.2, -0.15) is 4.31 Å². The van der Waals surface area contributed by atoms with E-state index in [9.17, 15) is 13.2 Å². The van der Waals surface area contributed by atoms with Gasteiger partial charge in [-0.25, -0.2) is 13.2 Å². The number of carbonyl (C=O) groups is 1. The average molecular weight is 436 g/mol. The van der Waals surface area contributed by atoms with Gasteiger partial charge >= 0.3 is 6.09 Å². The van der Waals surface area contributed by atoms with E-state index < -0.39 is 16.1 Å². The first-order valence-electron chi connectivity index (χ1n) is 9.42. The van der Waals surface area contributed by atoms with Crippen LogP contribution in [-0.4, -0.2) is 69.4 Å². The molecule has 0 bridgehead atoms. The van der Waals surface area contributed by atoms with Crippen LogP contribution in [0.5, 0.6) is 5.88 Å². The Bertz CT molecular complexity index is 964. The summed E-state index contributed by atoms with van der Waals surface area (Å²) in [5.74, 6) is 1.07. The molecule has 1 aromatic heterocycles. The molecule has 162 valence electrons. The Kier molecular flexibility index (Phi) is 6.73. The predicted octanol–water partition coefficient (Wildman–Crippen LogP) is 1.95. The van der Waals surface area contributed by atoms with Crippen LogP contribution < -0.4 is 15.0 Å². The van der Waals surface area contributed by atoms with Crippen LogP contribution in [0.25, 0.3) is 0 Å². The molecule has 2 aromatic rings. The number of nitrogens with zero attached hydrogens (tertiary/aromatic N) is 4. The number of methoxy groups -OCH3 is 1.